The molecule has 1 saturated heterocycles. The smallest absolute Gasteiger partial charge is 0.335 e. The first-order valence-corrected chi connectivity index (χ1v) is 15.2. The van der Waals surface area contributed by atoms with Crippen LogP contribution in [0.5, 0.6) is 0 Å². The molecule has 0 radical (unpaired) electrons. The van der Waals surface area contributed by atoms with Crippen molar-refractivity contribution in [2.75, 3.05) is 32.8 Å². The Labute approximate surface area is 255 Å². The lowest BCUT2D eigenvalue weighted by Gasteiger charge is -2.31. The van der Waals surface area contributed by atoms with Gasteiger partial charge in [0.2, 0.25) is 11.9 Å². The number of hydrogen-bond acceptors (Lipinski definition) is 5. The lowest BCUT2D eigenvalue weighted by molar-refractivity contribution is -0.135. The molecule has 230 valence electrons. The van der Waals surface area contributed by atoms with Gasteiger partial charge in [-0.25, -0.2) is 9.78 Å². The Hall–Kier alpha value is -4.04. The van der Waals surface area contributed by atoms with Gasteiger partial charge in [-0.3, -0.25) is 4.79 Å². The number of carboxylic acids is 1. The molecule has 2 aliphatic rings. The maximum atomic E-state index is 14.3. The first-order chi connectivity index (χ1) is 20.8. The van der Waals surface area contributed by atoms with Crippen LogP contribution in [0.4, 0.5) is 4.39 Å². The third kappa shape index (κ3) is 9.22. The summed E-state index contributed by atoms with van der Waals surface area (Å²) in [6, 6.07) is 10.9. The molecule has 1 amide bonds. The van der Waals surface area contributed by atoms with E-state index in [9.17, 15) is 19.1 Å². The van der Waals surface area contributed by atoms with Crippen LogP contribution in [0.25, 0.3) is 16.8 Å². The van der Waals surface area contributed by atoms with Gasteiger partial charge in [-0.2, -0.15) is 4.39 Å². The number of unbranched alkanes of at least 4 members (excludes halogenated alkanes) is 2. The molecule has 1 aromatic carbocycles. The molecule has 7 nitrogen and oxygen atoms in total. The highest BCUT2D eigenvalue weighted by Gasteiger charge is 2.31. The monoisotopic (exact) mass is 589 g/mol. The molecule has 0 atom stereocenters. The first kappa shape index (κ1) is 33.5. The van der Waals surface area contributed by atoms with Gasteiger partial charge < -0.3 is 19.6 Å². The molecule has 2 aromatic rings. The van der Waals surface area contributed by atoms with Crippen molar-refractivity contribution >= 4 is 17.6 Å². The minimum absolute atomic E-state index is 0.0481. The van der Waals surface area contributed by atoms with Crippen molar-refractivity contribution in [3.05, 3.63) is 95.8 Å². The summed E-state index contributed by atoms with van der Waals surface area (Å²) in [7, 11) is 0. The highest BCUT2D eigenvalue weighted by Crippen LogP contribution is 2.41. The van der Waals surface area contributed by atoms with E-state index in [-0.39, 0.29) is 18.0 Å². The number of ether oxygens (including phenoxy) is 1. The minimum atomic E-state index is -1.06. The molecule has 43 heavy (non-hydrogen) atoms. The summed E-state index contributed by atoms with van der Waals surface area (Å²) in [5, 5.41) is 9.73. The van der Waals surface area contributed by atoms with Gasteiger partial charge in [-0.05, 0) is 47.4 Å². The van der Waals surface area contributed by atoms with Crippen LogP contribution < -0.4 is 0 Å². The Bertz CT molecular complexity index is 1340. The zero-order valence-corrected chi connectivity index (χ0v) is 25.7. The van der Waals surface area contributed by atoms with E-state index in [0.29, 0.717) is 43.9 Å². The second-order valence-electron chi connectivity index (χ2n) is 10.5. The summed E-state index contributed by atoms with van der Waals surface area (Å²) < 4.78 is 19.7. The summed E-state index contributed by atoms with van der Waals surface area (Å²) in [4.78, 5) is 32.7. The third-order valence-corrected chi connectivity index (χ3v) is 7.36. The number of hydrogen-bond donors (Lipinski definition) is 1. The van der Waals surface area contributed by atoms with Crippen LogP contribution in [0, 0.1) is 5.95 Å². The topological polar surface area (TPSA) is 83.0 Å². The van der Waals surface area contributed by atoms with E-state index >= 15 is 0 Å². The fraction of sp³-hybridized carbons (Fsp3) is 0.400. The molecular formula is C35H44FN3O4. The zero-order valence-electron chi connectivity index (χ0n) is 25.7. The minimum Gasteiger partial charge on any atom is -0.478 e. The number of amides is 1. The molecule has 1 aromatic heterocycles. The Morgan fingerprint density at radius 2 is 1.72 bits per heavy atom. The number of aliphatic carboxylic acids is 1. The number of rotatable bonds is 11. The van der Waals surface area contributed by atoms with Crippen molar-refractivity contribution in [3.8, 4) is 11.1 Å². The standard InChI is InChI=1S/C30H32FN3O4.C5H12/c1-3-6-23-18-25(19-24(7-4-2)30(36)37)34(20-27(35)33-14-16-38-17-15-33)28(23)22-11-9-21(10-12-22)26-8-5-13-32-29(26)31;1-3-5-4-2/h4-5,7-13,19H,2-3,6,14-18,20H2,1H3,(H,36,37);3-5H2,1-2H3/b24-7+,25-19+;. The predicted molar refractivity (Wildman–Crippen MR) is 169 cm³/mol. The van der Waals surface area contributed by atoms with Crippen molar-refractivity contribution in [2.45, 2.75) is 59.3 Å². The van der Waals surface area contributed by atoms with Gasteiger partial charge in [0.1, 0.15) is 6.54 Å². The van der Waals surface area contributed by atoms with Crippen LogP contribution in [0.1, 0.15) is 64.9 Å². The van der Waals surface area contributed by atoms with Gasteiger partial charge in [0.05, 0.1) is 18.8 Å². The number of halogens is 1. The fourth-order valence-electron chi connectivity index (χ4n) is 5.21. The lowest BCUT2D eigenvalue weighted by Crippen LogP contribution is -2.44. The molecule has 2 aliphatic heterocycles. The van der Waals surface area contributed by atoms with Crippen LogP contribution in [-0.4, -0.2) is 64.6 Å². The number of morpholine rings is 1. The number of carbonyl (C=O) groups is 2. The number of carbonyl (C=O) groups excluding carboxylic acids is 1. The van der Waals surface area contributed by atoms with Crippen LogP contribution in [0.2, 0.25) is 0 Å². The van der Waals surface area contributed by atoms with Gasteiger partial charge in [-0.1, -0.05) is 83.4 Å². The van der Waals surface area contributed by atoms with Crippen molar-refractivity contribution in [2.24, 2.45) is 0 Å². The quantitative estimate of drug-likeness (QED) is 0.169. The summed E-state index contributed by atoms with van der Waals surface area (Å²) in [6.07, 6.45) is 12.2. The average Bonchev–Trinajstić information content (AvgIpc) is 3.34. The summed E-state index contributed by atoms with van der Waals surface area (Å²) in [5.74, 6) is -1.65. The highest BCUT2D eigenvalue weighted by atomic mass is 19.1. The van der Waals surface area contributed by atoms with Gasteiger partial charge in [0, 0.05) is 42.7 Å². The van der Waals surface area contributed by atoms with Crippen LogP contribution in [0.15, 0.2) is 84.2 Å². The Kier molecular flexibility index (Phi) is 13.4. The number of allylic oxidation sites excluding steroid dienone is 3. The molecule has 4 rings (SSSR count). The third-order valence-electron chi connectivity index (χ3n) is 7.36. The first-order valence-electron chi connectivity index (χ1n) is 15.2. The van der Waals surface area contributed by atoms with Crippen molar-refractivity contribution in [3.63, 3.8) is 0 Å². The highest BCUT2D eigenvalue weighted by molar-refractivity contribution is 5.91. The van der Waals surface area contributed by atoms with Crippen molar-refractivity contribution < 1.29 is 23.8 Å². The lowest BCUT2D eigenvalue weighted by atomic mass is 9.99. The second-order valence-corrected chi connectivity index (χ2v) is 10.5. The van der Waals surface area contributed by atoms with Crippen molar-refractivity contribution in [1.29, 1.82) is 0 Å². The van der Waals surface area contributed by atoms with Gasteiger partial charge in [-0.15, -0.1) is 0 Å². The van der Waals surface area contributed by atoms with Gasteiger partial charge in [0.25, 0.3) is 0 Å². The molecule has 1 N–H and O–H groups in total. The van der Waals surface area contributed by atoms with Crippen LogP contribution in [0.3, 0.4) is 0 Å². The molecular weight excluding hydrogens is 545 g/mol. The van der Waals surface area contributed by atoms with E-state index in [0.717, 1.165) is 35.4 Å². The molecule has 1 fully saturated rings. The van der Waals surface area contributed by atoms with E-state index in [2.05, 4.69) is 32.3 Å². The van der Waals surface area contributed by atoms with Gasteiger partial charge >= 0.3 is 5.97 Å². The average molecular weight is 590 g/mol. The molecule has 0 saturated carbocycles. The van der Waals surface area contributed by atoms with E-state index in [1.54, 1.807) is 23.1 Å². The number of pyridine rings is 1. The van der Waals surface area contributed by atoms with Crippen molar-refractivity contribution in [1.82, 2.24) is 14.8 Å². The Morgan fingerprint density at radius 3 is 2.28 bits per heavy atom. The molecule has 8 heteroatoms. The predicted octanol–water partition coefficient (Wildman–Crippen LogP) is 7.24. The zero-order chi connectivity index (χ0) is 31.2. The maximum absolute atomic E-state index is 14.3. The van der Waals surface area contributed by atoms with E-state index in [4.69, 9.17) is 4.74 Å². The Morgan fingerprint density at radius 1 is 1.05 bits per heavy atom. The summed E-state index contributed by atoms with van der Waals surface area (Å²) in [6.45, 7) is 12.3. The van der Waals surface area contributed by atoms with E-state index in [1.807, 2.05) is 29.2 Å². The van der Waals surface area contributed by atoms with E-state index in [1.165, 1.54) is 37.6 Å². The Balaban J connectivity index is 0.000000934. The summed E-state index contributed by atoms with van der Waals surface area (Å²) >= 11 is 0. The molecule has 0 aliphatic carbocycles. The van der Waals surface area contributed by atoms with Crippen LogP contribution >= 0.6 is 0 Å². The number of benzene rings is 1. The van der Waals surface area contributed by atoms with Crippen LogP contribution in [-0.2, 0) is 14.3 Å². The normalized spacial score (nSPS) is 16.3. The molecule has 0 spiro atoms. The number of nitrogens with zero attached hydrogens (tertiary/aromatic N) is 3. The SMILES string of the molecule is C=C/C=C(\C=C1/CC(CCC)=C(c2ccc(-c3cccnc3F)cc2)N1CC(=O)N1CCOCC1)C(=O)O.CCCCC. The molecule has 0 bridgehead atoms. The molecule has 3 heterocycles. The second kappa shape index (κ2) is 17.2. The maximum Gasteiger partial charge on any atom is 0.335 e. The number of carboxylic acid groups (broad SMARTS) is 1. The van der Waals surface area contributed by atoms with Gasteiger partial charge in [0.15, 0.2) is 0 Å². The largest absolute Gasteiger partial charge is 0.478 e. The number of aromatic nitrogens is 1. The fourth-order valence-corrected chi connectivity index (χ4v) is 5.21. The van der Waals surface area contributed by atoms with E-state index < -0.39 is 11.9 Å². The summed E-state index contributed by atoms with van der Waals surface area (Å²) in [5.41, 5.74) is 4.83. The molecule has 0 unspecified atom stereocenters.